The van der Waals surface area contributed by atoms with Crippen LogP contribution >= 0.6 is 0 Å². The van der Waals surface area contributed by atoms with Crippen molar-refractivity contribution in [3.8, 4) is 28.5 Å². The van der Waals surface area contributed by atoms with Crippen LogP contribution in [0.3, 0.4) is 0 Å². The van der Waals surface area contributed by atoms with E-state index in [0.29, 0.717) is 5.89 Å². The Morgan fingerprint density at radius 3 is 2.24 bits per heavy atom. The van der Waals surface area contributed by atoms with Crippen LogP contribution in [0.5, 0.6) is 5.75 Å². The fraction of sp³-hybridized carbons (Fsp3) is 0.176. The van der Waals surface area contributed by atoms with Gasteiger partial charge in [-0.1, -0.05) is 0 Å². The zero-order valence-corrected chi connectivity index (χ0v) is 12.3. The van der Waals surface area contributed by atoms with E-state index >= 15 is 0 Å². The molecule has 0 radical (unpaired) electrons. The summed E-state index contributed by atoms with van der Waals surface area (Å²) >= 11 is 0. The van der Waals surface area contributed by atoms with Crippen LogP contribution in [0.1, 0.15) is 11.4 Å². The lowest BCUT2D eigenvalue weighted by atomic mass is 10.2. The smallest absolute Gasteiger partial charge is 0.226 e. The first-order chi connectivity index (χ1) is 10.2. The van der Waals surface area contributed by atoms with Crippen molar-refractivity contribution in [2.75, 3.05) is 7.11 Å². The highest BCUT2D eigenvalue weighted by atomic mass is 16.5. The maximum absolute atomic E-state index is 5.86. The van der Waals surface area contributed by atoms with Gasteiger partial charge in [0, 0.05) is 22.5 Å². The van der Waals surface area contributed by atoms with E-state index in [1.54, 1.807) is 13.3 Å². The van der Waals surface area contributed by atoms with Gasteiger partial charge in [-0.2, -0.15) is 0 Å². The van der Waals surface area contributed by atoms with Crippen LogP contribution in [-0.2, 0) is 0 Å². The number of oxazole rings is 1. The molecule has 1 aromatic carbocycles. The minimum atomic E-state index is 0.606. The van der Waals surface area contributed by atoms with Gasteiger partial charge < -0.3 is 9.15 Å². The Balaban J connectivity index is 1.95. The molecule has 106 valence electrons. The van der Waals surface area contributed by atoms with Crippen LogP contribution in [0.25, 0.3) is 22.8 Å². The number of rotatable bonds is 3. The molecule has 0 bridgehead atoms. The second kappa shape index (κ2) is 5.40. The molecule has 2 aromatic heterocycles. The average Bonchev–Trinajstić information content (AvgIpc) is 2.96. The first-order valence-electron chi connectivity index (χ1n) is 6.71. The minimum absolute atomic E-state index is 0.606. The minimum Gasteiger partial charge on any atom is -0.497 e. The van der Waals surface area contributed by atoms with E-state index in [1.165, 1.54) is 0 Å². The lowest BCUT2D eigenvalue weighted by Crippen LogP contribution is -1.87. The van der Waals surface area contributed by atoms with Gasteiger partial charge in [-0.3, -0.25) is 4.98 Å². The van der Waals surface area contributed by atoms with Crippen molar-refractivity contribution in [2.45, 2.75) is 13.8 Å². The van der Waals surface area contributed by atoms with Gasteiger partial charge in [-0.05, 0) is 50.2 Å². The van der Waals surface area contributed by atoms with Crippen molar-refractivity contribution in [3.63, 3.8) is 0 Å². The third-order valence-electron chi connectivity index (χ3n) is 3.21. The zero-order valence-electron chi connectivity index (χ0n) is 12.3. The van der Waals surface area contributed by atoms with Gasteiger partial charge in [0.15, 0.2) is 5.76 Å². The summed E-state index contributed by atoms with van der Waals surface area (Å²) in [5.41, 5.74) is 3.82. The predicted octanol–water partition coefficient (Wildman–Crippen LogP) is 4.03. The normalized spacial score (nSPS) is 10.6. The monoisotopic (exact) mass is 280 g/mol. The number of nitrogens with zero attached hydrogens (tertiary/aromatic N) is 2. The summed E-state index contributed by atoms with van der Waals surface area (Å²) in [4.78, 5) is 8.72. The molecule has 3 aromatic rings. The fourth-order valence-electron chi connectivity index (χ4n) is 2.25. The number of aryl methyl sites for hydroxylation is 2. The van der Waals surface area contributed by atoms with Gasteiger partial charge in [-0.15, -0.1) is 0 Å². The van der Waals surface area contributed by atoms with Gasteiger partial charge in [-0.25, -0.2) is 4.98 Å². The standard InChI is InChI=1S/C17H16N2O2/c1-11-8-14(9-12(2)19-11)17-18-10-16(21-17)13-4-6-15(20-3)7-5-13/h4-10H,1-3H3. The summed E-state index contributed by atoms with van der Waals surface area (Å²) in [6.45, 7) is 3.92. The van der Waals surface area contributed by atoms with Crippen molar-refractivity contribution in [2.24, 2.45) is 0 Å². The van der Waals surface area contributed by atoms with Gasteiger partial charge >= 0.3 is 0 Å². The second-order valence-electron chi connectivity index (χ2n) is 4.90. The maximum atomic E-state index is 5.86. The predicted molar refractivity (Wildman–Crippen MR) is 81.2 cm³/mol. The van der Waals surface area contributed by atoms with Crippen LogP contribution in [0.2, 0.25) is 0 Å². The molecular weight excluding hydrogens is 264 g/mol. The third kappa shape index (κ3) is 2.79. The molecule has 0 aliphatic heterocycles. The Kier molecular flexibility index (Phi) is 3.44. The third-order valence-corrected chi connectivity index (χ3v) is 3.21. The van der Waals surface area contributed by atoms with Crippen LogP contribution in [-0.4, -0.2) is 17.1 Å². The summed E-state index contributed by atoms with van der Waals surface area (Å²) in [5.74, 6) is 2.16. The molecule has 4 heteroatoms. The molecule has 0 aliphatic carbocycles. The Morgan fingerprint density at radius 1 is 0.952 bits per heavy atom. The summed E-state index contributed by atoms with van der Waals surface area (Å²) in [6, 6.07) is 11.6. The highest BCUT2D eigenvalue weighted by Crippen LogP contribution is 2.27. The van der Waals surface area contributed by atoms with E-state index in [9.17, 15) is 0 Å². The molecule has 4 nitrogen and oxygen atoms in total. The lowest BCUT2D eigenvalue weighted by molar-refractivity contribution is 0.415. The number of hydrogen-bond acceptors (Lipinski definition) is 4. The number of benzene rings is 1. The average molecular weight is 280 g/mol. The summed E-state index contributed by atoms with van der Waals surface area (Å²) in [6.07, 6.45) is 1.74. The largest absolute Gasteiger partial charge is 0.497 e. The number of methoxy groups -OCH3 is 1. The van der Waals surface area contributed by atoms with E-state index in [0.717, 1.165) is 34.0 Å². The van der Waals surface area contributed by atoms with E-state index in [1.807, 2.05) is 50.2 Å². The molecule has 21 heavy (non-hydrogen) atoms. The quantitative estimate of drug-likeness (QED) is 0.726. The van der Waals surface area contributed by atoms with Gasteiger partial charge in [0.1, 0.15) is 5.75 Å². The molecule has 0 saturated carbocycles. The molecule has 0 atom stereocenters. The highest BCUT2D eigenvalue weighted by Gasteiger charge is 2.10. The van der Waals surface area contributed by atoms with Crippen molar-refractivity contribution in [1.82, 2.24) is 9.97 Å². The van der Waals surface area contributed by atoms with E-state index in [-0.39, 0.29) is 0 Å². The number of ether oxygens (including phenoxy) is 1. The topological polar surface area (TPSA) is 48.2 Å². The summed E-state index contributed by atoms with van der Waals surface area (Å²) < 4.78 is 11.0. The van der Waals surface area contributed by atoms with Gasteiger partial charge in [0.05, 0.1) is 13.3 Å². The highest BCUT2D eigenvalue weighted by molar-refractivity contribution is 5.62. The van der Waals surface area contributed by atoms with Crippen LogP contribution in [0.15, 0.2) is 47.0 Å². The Morgan fingerprint density at radius 2 is 1.62 bits per heavy atom. The van der Waals surface area contributed by atoms with Gasteiger partial charge in [0.25, 0.3) is 0 Å². The fourth-order valence-corrected chi connectivity index (χ4v) is 2.25. The van der Waals surface area contributed by atoms with E-state index < -0.39 is 0 Å². The molecule has 0 saturated heterocycles. The van der Waals surface area contributed by atoms with Crippen LogP contribution in [0, 0.1) is 13.8 Å². The molecule has 3 rings (SSSR count). The van der Waals surface area contributed by atoms with Crippen molar-refractivity contribution in [1.29, 1.82) is 0 Å². The lowest BCUT2D eigenvalue weighted by Gasteiger charge is -2.01. The molecule has 0 aliphatic rings. The first kappa shape index (κ1) is 13.4. The van der Waals surface area contributed by atoms with Crippen molar-refractivity contribution < 1.29 is 9.15 Å². The Hall–Kier alpha value is -2.62. The first-order valence-corrected chi connectivity index (χ1v) is 6.71. The molecule has 0 fully saturated rings. The molecule has 2 heterocycles. The molecule has 0 unspecified atom stereocenters. The SMILES string of the molecule is COc1ccc(-c2cnc(-c3cc(C)nc(C)c3)o2)cc1. The Bertz CT molecular complexity index is 740. The molecule has 0 spiro atoms. The molecule has 0 amide bonds. The molecular formula is C17H16N2O2. The van der Waals surface area contributed by atoms with E-state index in [2.05, 4.69) is 9.97 Å². The number of pyridine rings is 1. The summed E-state index contributed by atoms with van der Waals surface area (Å²) in [7, 11) is 1.65. The second-order valence-corrected chi connectivity index (χ2v) is 4.90. The van der Waals surface area contributed by atoms with Crippen LogP contribution < -0.4 is 4.74 Å². The summed E-state index contributed by atoms with van der Waals surface area (Å²) in [5, 5.41) is 0. The maximum Gasteiger partial charge on any atom is 0.226 e. The number of hydrogen-bond donors (Lipinski definition) is 0. The van der Waals surface area contributed by atoms with Gasteiger partial charge in [0.2, 0.25) is 5.89 Å². The van der Waals surface area contributed by atoms with E-state index in [4.69, 9.17) is 9.15 Å². The Labute approximate surface area is 123 Å². The van der Waals surface area contributed by atoms with Crippen molar-refractivity contribution >= 4 is 0 Å². The van der Waals surface area contributed by atoms with Crippen molar-refractivity contribution in [3.05, 3.63) is 54.0 Å². The molecule has 0 N–H and O–H groups in total. The zero-order chi connectivity index (χ0) is 14.8. The number of aromatic nitrogens is 2. The van der Waals surface area contributed by atoms with Crippen LogP contribution in [0.4, 0.5) is 0 Å².